The van der Waals surface area contributed by atoms with Crippen molar-refractivity contribution >= 4 is 22.2 Å². The molecule has 3 heterocycles. The summed E-state index contributed by atoms with van der Waals surface area (Å²) in [5.41, 5.74) is 2.25. The fraction of sp³-hybridized carbons (Fsp3) is 0.286. The maximum absolute atomic E-state index is 13.7. The third-order valence-corrected chi connectivity index (χ3v) is 7.16. The fourth-order valence-electron chi connectivity index (χ4n) is 4.56. The summed E-state index contributed by atoms with van der Waals surface area (Å²) in [6.45, 7) is 4.63. The molecule has 0 radical (unpaired) electrons. The van der Waals surface area contributed by atoms with E-state index < -0.39 is 6.04 Å². The first-order valence-electron chi connectivity index (χ1n) is 12.5. The molecule has 196 valence electrons. The summed E-state index contributed by atoms with van der Waals surface area (Å²) in [5, 5.41) is 15.6. The standard InChI is InChI=1S/C28H30N6O3S/c1-3-37-22-11-12-25-21(16-22)17-24(28(35)29-25)26(27-30-31-32-34(27)13-14-36-2)33(19-23-10-7-15-38-23)18-20-8-5-4-6-9-20/h4-12,15-17,26H,3,13-14,18-19H2,1-2H3,(H,29,35)/t26-/m0/s1. The van der Waals surface area contributed by atoms with Crippen molar-refractivity contribution in [2.24, 2.45) is 0 Å². The van der Waals surface area contributed by atoms with Gasteiger partial charge in [0.1, 0.15) is 11.8 Å². The summed E-state index contributed by atoms with van der Waals surface area (Å²) in [4.78, 5) is 20.2. The molecule has 0 saturated heterocycles. The van der Waals surface area contributed by atoms with Gasteiger partial charge in [-0.05, 0) is 58.6 Å². The molecular weight excluding hydrogens is 500 g/mol. The highest BCUT2D eigenvalue weighted by Gasteiger charge is 2.31. The molecule has 5 aromatic rings. The number of aromatic amines is 1. The molecule has 0 saturated carbocycles. The number of methoxy groups -OCH3 is 1. The average molecular weight is 531 g/mol. The maximum Gasteiger partial charge on any atom is 0.253 e. The van der Waals surface area contributed by atoms with Crippen molar-refractivity contribution in [3.63, 3.8) is 0 Å². The van der Waals surface area contributed by atoms with Crippen LogP contribution in [-0.4, -0.2) is 50.4 Å². The SMILES string of the molecule is CCOc1ccc2[nH]c(=O)c([C@@H](c3nnnn3CCOC)N(Cc3ccccc3)Cc3cccs3)cc2c1. The number of fused-ring (bicyclic) bond motifs is 1. The molecule has 0 amide bonds. The largest absolute Gasteiger partial charge is 0.494 e. The van der Waals surface area contributed by atoms with Crippen LogP contribution < -0.4 is 10.3 Å². The van der Waals surface area contributed by atoms with Crippen LogP contribution in [0.25, 0.3) is 10.9 Å². The van der Waals surface area contributed by atoms with Gasteiger partial charge in [0, 0.05) is 41.5 Å². The molecule has 5 rings (SSSR count). The van der Waals surface area contributed by atoms with Crippen molar-refractivity contribution in [3.8, 4) is 5.75 Å². The Morgan fingerprint density at radius 2 is 1.95 bits per heavy atom. The minimum atomic E-state index is -0.520. The summed E-state index contributed by atoms with van der Waals surface area (Å²) in [7, 11) is 1.64. The Hall–Kier alpha value is -3.86. The summed E-state index contributed by atoms with van der Waals surface area (Å²) in [6.07, 6.45) is 0. The van der Waals surface area contributed by atoms with Crippen LogP contribution in [0.1, 0.15) is 34.8 Å². The van der Waals surface area contributed by atoms with Crippen LogP contribution in [0.3, 0.4) is 0 Å². The number of H-pyrrole nitrogens is 1. The molecule has 3 aromatic heterocycles. The van der Waals surface area contributed by atoms with E-state index in [1.807, 2.05) is 55.5 Å². The van der Waals surface area contributed by atoms with E-state index in [1.54, 1.807) is 23.1 Å². The zero-order valence-corrected chi connectivity index (χ0v) is 22.2. The lowest BCUT2D eigenvalue weighted by atomic mass is 10.0. The zero-order valence-electron chi connectivity index (χ0n) is 21.4. The molecule has 1 N–H and O–H groups in total. The topological polar surface area (TPSA) is 98.2 Å². The summed E-state index contributed by atoms with van der Waals surface area (Å²) in [5.74, 6) is 1.33. The molecule has 0 aliphatic heterocycles. The smallest absolute Gasteiger partial charge is 0.253 e. The van der Waals surface area contributed by atoms with Gasteiger partial charge in [-0.15, -0.1) is 16.4 Å². The first kappa shape index (κ1) is 25.8. The van der Waals surface area contributed by atoms with Crippen molar-refractivity contribution in [3.05, 3.63) is 104 Å². The van der Waals surface area contributed by atoms with E-state index in [0.29, 0.717) is 44.2 Å². The van der Waals surface area contributed by atoms with Crippen molar-refractivity contribution in [1.29, 1.82) is 0 Å². The number of ether oxygens (including phenoxy) is 2. The number of nitrogens with zero attached hydrogens (tertiary/aromatic N) is 5. The summed E-state index contributed by atoms with van der Waals surface area (Å²) in [6, 6.07) is 21.5. The van der Waals surface area contributed by atoms with Crippen molar-refractivity contribution < 1.29 is 9.47 Å². The molecule has 1 atom stereocenters. The highest BCUT2D eigenvalue weighted by atomic mass is 32.1. The number of thiophene rings is 1. The molecule has 0 aliphatic carbocycles. The zero-order chi connectivity index (χ0) is 26.3. The van der Waals surface area contributed by atoms with Crippen LogP contribution in [0.4, 0.5) is 0 Å². The van der Waals surface area contributed by atoms with Crippen molar-refractivity contribution in [1.82, 2.24) is 30.1 Å². The van der Waals surface area contributed by atoms with Gasteiger partial charge in [-0.3, -0.25) is 9.69 Å². The average Bonchev–Trinajstić information content (AvgIpc) is 3.61. The number of tetrazole rings is 1. The number of hydrogen-bond acceptors (Lipinski definition) is 8. The normalized spacial score (nSPS) is 12.3. The Morgan fingerprint density at radius 3 is 2.71 bits per heavy atom. The molecule has 10 heteroatoms. The number of pyridine rings is 1. The third-order valence-electron chi connectivity index (χ3n) is 6.29. The molecule has 0 unspecified atom stereocenters. The lowest BCUT2D eigenvalue weighted by Crippen LogP contribution is -2.35. The molecule has 9 nitrogen and oxygen atoms in total. The molecule has 2 aromatic carbocycles. The van der Waals surface area contributed by atoms with Gasteiger partial charge >= 0.3 is 0 Å². The molecule has 38 heavy (non-hydrogen) atoms. The number of benzene rings is 2. The van der Waals surface area contributed by atoms with Crippen LogP contribution in [0, 0.1) is 0 Å². The summed E-state index contributed by atoms with van der Waals surface area (Å²) >= 11 is 1.68. The van der Waals surface area contributed by atoms with Crippen LogP contribution in [0.2, 0.25) is 0 Å². The van der Waals surface area contributed by atoms with Crippen molar-refractivity contribution in [2.45, 2.75) is 32.6 Å². The number of rotatable bonds is 12. The van der Waals surface area contributed by atoms with Gasteiger partial charge in [0.2, 0.25) is 0 Å². The molecule has 0 fully saturated rings. The van der Waals surface area contributed by atoms with E-state index in [1.165, 1.54) is 4.88 Å². The van der Waals surface area contributed by atoms with E-state index in [0.717, 1.165) is 22.2 Å². The van der Waals surface area contributed by atoms with Crippen LogP contribution >= 0.6 is 11.3 Å². The predicted molar refractivity (Wildman–Crippen MR) is 147 cm³/mol. The minimum absolute atomic E-state index is 0.183. The second-order valence-corrected chi connectivity index (χ2v) is 9.89. The Kier molecular flexibility index (Phi) is 8.22. The second-order valence-electron chi connectivity index (χ2n) is 8.86. The lowest BCUT2D eigenvalue weighted by molar-refractivity contribution is 0.169. The first-order chi connectivity index (χ1) is 18.7. The molecule has 0 aliphatic rings. The fourth-order valence-corrected chi connectivity index (χ4v) is 5.29. The molecular formula is C28H30N6O3S. The van der Waals surface area contributed by atoms with Gasteiger partial charge in [0.15, 0.2) is 5.82 Å². The highest BCUT2D eigenvalue weighted by Crippen LogP contribution is 2.31. The van der Waals surface area contributed by atoms with E-state index in [2.05, 4.69) is 49.0 Å². The third kappa shape index (κ3) is 5.83. The number of nitrogens with one attached hydrogen (secondary N) is 1. The van der Waals surface area contributed by atoms with Crippen LogP contribution in [0.5, 0.6) is 5.75 Å². The molecule has 0 bridgehead atoms. The molecule has 0 spiro atoms. The Bertz CT molecular complexity index is 1520. The Labute approximate surface area is 224 Å². The quantitative estimate of drug-likeness (QED) is 0.255. The predicted octanol–water partition coefficient (Wildman–Crippen LogP) is 4.41. The van der Waals surface area contributed by atoms with Gasteiger partial charge in [0.25, 0.3) is 5.56 Å². The lowest BCUT2D eigenvalue weighted by Gasteiger charge is -2.31. The van der Waals surface area contributed by atoms with E-state index >= 15 is 0 Å². The van der Waals surface area contributed by atoms with Gasteiger partial charge in [-0.1, -0.05) is 36.4 Å². The number of aromatic nitrogens is 5. The van der Waals surface area contributed by atoms with E-state index in [4.69, 9.17) is 9.47 Å². The summed E-state index contributed by atoms with van der Waals surface area (Å²) < 4.78 is 12.8. The second kappa shape index (κ2) is 12.1. The number of hydrogen-bond donors (Lipinski definition) is 1. The van der Waals surface area contributed by atoms with E-state index in [9.17, 15) is 4.79 Å². The van der Waals surface area contributed by atoms with Crippen molar-refractivity contribution in [2.75, 3.05) is 20.3 Å². The highest BCUT2D eigenvalue weighted by molar-refractivity contribution is 7.09. The van der Waals surface area contributed by atoms with Gasteiger partial charge in [-0.25, -0.2) is 4.68 Å². The minimum Gasteiger partial charge on any atom is -0.494 e. The van der Waals surface area contributed by atoms with Crippen LogP contribution in [-0.2, 0) is 24.4 Å². The Morgan fingerprint density at radius 1 is 1.08 bits per heavy atom. The monoisotopic (exact) mass is 530 g/mol. The van der Waals surface area contributed by atoms with Gasteiger partial charge in [0.05, 0.1) is 19.8 Å². The van der Waals surface area contributed by atoms with E-state index in [-0.39, 0.29) is 5.56 Å². The van der Waals surface area contributed by atoms with Crippen LogP contribution in [0.15, 0.2) is 76.9 Å². The van der Waals surface area contributed by atoms with Gasteiger partial charge in [-0.2, -0.15) is 0 Å². The Balaban J connectivity index is 1.67. The maximum atomic E-state index is 13.7. The van der Waals surface area contributed by atoms with Gasteiger partial charge < -0.3 is 14.5 Å². The first-order valence-corrected chi connectivity index (χ1v) is 13.4.